The second-order valence-corrected chi connectivity index (χ2v) is 10.7. The lowest BCUT2D eigenvalue weighted by Gasteiger charge is -2.15. The number of thiazole rings is 1. The molecule has 0 aliphatic carbocycles. The van der Waals surface area contributed by atoms with Gasteiger partial charge in [-0.25, -0.2) is 18.4 Å². The summed E-state index contributed by atoms with van der Waals surface area (Å²) in [5.41, 5.74) is 3.20. The van der Waals surface area contributed by atoms with E-state index in [1.165, 1.54) is 16.1 Å². The van der Waals surface area contributed by atoms with Crippen molar-refractivity contribution in [1.29, 1.82) is 0 Å². The van der Waals surface area contributed by atoms with Gasteiger partial charge in [0.2, 0.25) is 10.0 Å². The predicted octanol–water partition coefficient (Wildman–Crippen LogP) is 4.67. The molecule has 1 aliphatic heterocycles. The Morgan fingerprint density at radius 2 is 1.90 bits per heavy atom. The third-order valence-electron chi connectivity index (χ3n) is 4.63. The maximum atomic E-state index is 12.6. The lowest BCUT2D eigenvalue weighted by molar-refractivity contribution is 0.477. The Kier molecular flexibility index (Phi) is 6.19. The normalized spacial score (nSPS) is 14.9. The second kappa shape index (κ2) is 8.83. The highest BCUT2D eigenvalue weighted by Crippen LogP contribution is 2.27. The maximum absolute atomic E-state index is 12.6. The van der Waals surface area contributed by atoms with Crippen LogP contribution >= 0.6 is 23.1 Å². The molecule has 9 heteroatoms. The fourth-order valence-electron chi connectivity index (χ4n) is 3.02. The number of anilines is 2. The summed E-state index contributed by atoms with van der Waals surface area (Å²) >= 11 is 3.11. The Balaban J connectivity index is 1.34. The zero-order valence-corrected chi connectivity index (χ0v) is 18.5. The van der Waals surface area contributed by atoms with E-state index in [1.54, 1.807) is 35.2 Å². The van der Waals surface area contributed by atoms with E-state index in [4.69, 9.17) is 0 Å². The Morgan fingerprint density at radius 3 is 2.59 bits per heavy atom. The highest BCUT2D eigenvalue weighted by Gasteiger charge is 2.27. The minimum absolute atomic E-state index is 0.266. The summed E-state index contributed by atoms with van der Waals surface area (Å²) in [6.45, 7) is 3.26. The van der Waals surface area contributed by atoms with Gasteiger partial charge < -0.3 is 5.32 Å². The van der Waals surface area contributed by atoms with Crippen molar-refractivity contribution in [2.75, 3.05) is 18.4 Å². The summed E-state index contributed by atoms with van der Waals surface area (Å²) in [4.78, 5) is 9.21. The number of aromatic nitrogens is 2. The van der Waals surface area contributed by atoms with Gasteiger partial charge in [0.15, 0.2) is 5.13 Å². The first-order chi connectivity index (χ1) is 14.0. The van der Waals surface area contributed by atoms with Crippen LogP contribution in [0.3, 0.4) is 0 Å². The molecule has 6 nitrogen and oxygen atoms in total. The van der Waals surface area contributed by atoms with E-state index in [-0.39, 0.29) is 4.90 Å². The van der Waals surface area contributed by atoms with Crippen molar-refractivity contribution < 1.29 is 8.42 Å². The summed E-state index contributed by atoms with van der Waals surface area (Å²) in [6, 6.07) is 11.6. The molecule has 0 radical (unpaired) electrons. The van der Waals surface area contributed by atoms with Gasteiger partial charge in [-0.2, -0.15) is 4.31 Å². The van der Waals surface area contributed by atoms with Crippen LogP contribution in [0.5, 0.6) is 0 Å². The van der Waals surface area contributed by atoms with Crippen molar-refractivity contribution in [2.24, 2.45) is 0 Å². The molecule has 0 bridgehead atoms. The molecule has 1 aliphatic rings. The lowest BCUT2D eigenvalue weighted by Crippen LogP contribution is -2.27. The third-order valence-corrected chi connectivity index (χ3v) is 8.30. The van der Waals surface area contributed by atoms with Crippen LogP contribution in [0.2, 0.25) is 0 Å². The molecule has 0 saturated carbocycles. The molecule has 3 aromatic rings. The number of nitrogens with one attached hydrogen (secondary N) is 1. The van der Waals surface area contributed by atoms with Gasteiger partial charge in [0, 0.05) is 36.1 Å². The van der Waals surface area contributed by atoms with Crippen molar-refractivity contribution in [2.45, 2.75) is 35.4 Å². The molecular formula is C20H22N4O2S3. The fraction of sp³-hybridized carbons (Fsp3) is 0.300. The number of aryl methyl sites for hydroxylation is 1. The number of sulfonamides is 1. The second-order valence-electron chi connectivity index (χ2n) is 6.87. The van der Waals surface area contributed by atoms with Crippen molar-refractivity contribution in [3.8, 4) is 0 Å². The van der Waals surface area contributed by atoms with E-state index in [2.05, 4.69) is 34.3 Å². The summed E-state index contributed by atoms with van der Waals surface area (Å²) in [6.07, 6.45) is 3.31. The van der Waals surface area contributed by atoms with Crippen LogP contribution in [-0.4, -0.2) is 35.8 Å². The minimum atomic E-state index is -3.41. The molecule has 152 valence electrons. The van der Waals surface area contributed by atoms with Crippen molar-refractivity contribution >= 4 is 43.9 Å². The number of hydrogen-bond donors (Lipinski definition) is 1. The fourth-order valence-corrected chi connectivity index (χ4v) is 6.06. The molecule has 3 heterocycles. The summed E-state index contributed by atoms with van der Waals surface area (Å²) < 4.78 is 26.7. The number of hydrogen-bond acceptors (Lipinski definition) is 7. The first-order valence-corrected chi connectivity index (χ1v) is 12.7. The van der Waals surface area contributed by atoms with Gasteiger partial charge in [-0.1, -0.05) is 17.7 Å². The van der Waals surface area contributed by atoms with E-state index in [9.17, 15) is 8.42 Å². The molecule has 4 rings (SSSR count). The van der Waals surface area contributed by atoms with E-state index in [0.717, 1.165) is 34.4 Å². The molecule has 0 unspecified atom stereocenters. The molecule has 29 heavy (non-hydrogen) atoms. The summed E-state index contributed by atoms with van der Waals surface area (Å²) in [5.74, 6) is 0.678. The van der Waals surface area contributed by atoms with Gasteiger partial charge in [0.1, 0.15) is 4.90 Å². The van der Waals surface area contributed by atoms with Crippen LogP contribution in [0.15, 0.2) is 57.9 Å². The minimum Gasteiger partial charge on any atom is -0.332 e. The number of rotatable bonds is 7. The summed E-state index contributed by atoms with van der Waals surface area (Å²) in [7, 11) is -3.41. The van der Waals surface area contributed by atoms with Gasteiger partial charge in [-0.05, 0) is 44.0 Å². The maximum Gasteiger partial charge on any atom is 0.244 e. The van der Waals surface area contributed by atoms with Gasteiger partial charge in [0.25, 0.3) is 0 Å². The smallest absolute Gasteiger partial charge is 0.244 e. The third kappa shape index (κ3) is 4.98. The van der Waals surface area contributed by atoms with Gasteiger partial charge in [-0.3, -0.25) is 0 Å². The molecule has 1 saturated heterocycles. The van der Waals surface area contributed by atoms with E-state index in [1.807, 2.05) is 17.5 Å². The van der Waals surface area contributed by atoms with Gasteiger partial charge in [-0.15, -0.1) is 23.1 Å². The average Bonchev–Trinajstić information content (AvgIpc) is 3.41. The molecule has 1 aromatic carbocycles. The van der Waals surface area contributed by atoms with Crippen LogP contribution < -0.4 is 5.32 Å². The Hall–Kier alpha value is -1.94. The molecule has 1 N–H and O–H groups in total. The highest BCUT2D eigenvalue weighted by molar-refractivity contribution is 7.98. The first-order valence-electron chi connectivity index (χ1n) is 9.38. The molecular weight excluding hydrogens is 424 g/mol. The van der Waals surface area contributed by atoms with Crippen LogP contribution in [0.25, 0.3) is 0 Å². The highest BCUT2D eigenvalue weighted by atomic mass is 32.2. The monoisotopic (exact) mass is 446 g/mol. The SMILES string of the molecule is Cc1ccc(Nc2nc(CSc3ccc(S(=O)(=O)N4CCCC4)cn3)cs2)cc1. The Labute approximate surface area is 179 Å². The number of pyridine rings is 1. The standard InChI is InChI=1S/C20H22N4O2S3/c1-15-4-6-16(7-5-15)22-20-23-17(14-28-20)13-27-19-9-8-18(12-21-19)29(25,26)24-10-2-3-11-24/h4-9,12,14H,2-3,10-11,13H2,1H3,(H,22,23). The van der Waals surface area contributed by atoms with Crippen molar-refractivity contribution in [3.05, 3.63) is 59.2 Å². The quantitative estimate of drug-likeness (QED) is 0.532. The van der Waals surface area contributed by atoms with Gasteiger partial charge in [0.05, 0.1) is 10.7 Å². The van der Waals surface area contributed by atoms with E-state index < -0.39 is 10.0 Å². The molecule has 0 spiro atoms. The zero-order valence-electron chi connectivity index (χ0n) is 16.0. The first kappa shape index (κ1) is 20.3. The van der Waals surface area contributed by atoms with Gasteiger partial charge >= 0.3 is 0 Å². The number of nitrogens with zero attached hydrogens (tertiary/aromatic N) is 3. The van der Waals surface area contributed by atoms with Crippen molar-refractivity contribution in [3.63, 3.8) is 0 Å². The van der Waals surface area contributed by atoms with Crippen LogP contribution in [-0.2, 0) is 15.8 Å². The van der Waals surface area contributed by atoms with E-state index in [0.29, 0.717) is 18.8 Å². The topological polar surface area (TPSA) is 75.2 Å². The molecule has 2 aromatic heterocycles. The van der Waals surface area contributed by atoms with Crippen molar-refractivity contribution in [1.82, 2.24) is 14.3 Å². The van der Waals surface area contributed by atoms with E-state index >= 15 is 0 Å². The predicted molar refractivity (Wildman–Crippen MR) is 118 cm³/mol. The lowest BCUT2D eigenvalue weighted by atomic mass is 10.2. The largest absolute Gasteiger partial charge is 0.332 e. The molecule has 0 atom stereocenters. The average molecular weight is 447 g/mol. The summed E-state index contributed by atoms with van der Waals surface area (Å²) in [5, 5.41) is 6.97. The number of thioether (sulfide) groups is 1. The molecule has 0 amide bonds. The molecule has 1 fully saturated rings. The van der Waals surface area contributed by atoms with Crippen LogP contribution in [0.4, 0.5) is 10.8 Å². The number of benzene rings is 1. The van der Waals surface area contributed by atoms with Crippen LogP contribution in [0.1, 0.15) is 24.1 Å². The Bertz CT molecular complexity index is 1060. The van der Waals surface area contributed by atoms with Crippen LogP contribution in [0, 0.1) is 6.92 Å². The Morgan fingerprint density at radius 1 is 1.14 bits per heavy atom. The zero-order chi connectivity index (χ0) is 20.3.